The van der Waals surface area contributed by atoms with Crippen LogP contribution in [0.15, 0.2) is 200 Å². The van der Waals surface area contributed by atoms with Gasteiger partial charge < -0.3 is 4.57 Å². The normalized spacial score (nSPS) is 11.7. The predicted octanol–water partition coefficient (Wildman–Crippen LogP) is 17.1. The van der Waals surface area contributed by atoms with Crippen molar-refractivity contribution in [2.75, 3.05) is 0 Å². The van der Waals surface area contributed by atoms with Gasteiger partial charge in [0.2, 0.25) is 0 Å². The van der Waals surface area contributed by atoms with Gasteiger partial charge in [-0.25, -0.2) is 4.98 Å². The summed E-state index contributed by atoms with van der Waals surface area (Å²) in [6.45, 7) is 0. The van der Waals surface area contributed by atoms with Crippen LogP contribution < -0.4 is 0 Å². The number of hydrogen-bond donors (Lipinski definition) is 0. The van der Waals surface area contributed by atoms with Crippen molar-refractivity contribution >= 4 is 43.6 Å². The first kappa shape index (κ1) is 48.2. The maximum absolute atomic E-state index is 14.9. The lowest BCUT2D eigenvalue weighted by molar-refractivity contribution is -0.143. The fourth-order valence-electron chi connectivity index (χ4n) is 10.4. The number of pyridine rings is 1. The number of rotatable bonds is 7. The highest BCUT2D eigenvalue weighted by Crippen LogP contribution is 2.45. The van der Waals surface area contributed by atoms with E-state index in [1.165, 1.54) is 12.3 Å². The number of aromatic nitrogens is 3. The second-order valence-corrected chi connectivity index (χ2v) is 18.7. The zero-order valence-corrected chi connectivity index (χ0v) is 40.5. The third kappa shape index (κ3) is 8.48. The smallest absolute Gasteiger partial charge is 0.307 e. The number of halogens is 6. The van der Waals surface area contributed by atoms with Gasteiger partial charge in [0.15, 0.2) is 0 Å². The molecule has 0 aliphatic heterocycles. The minimum absolute atomic E-state index is 0.00290. The second kappa shape index (κ2) is 18.6. The van der Waals surface area contributed by atoms with Crippen molar-refractivity contribution in [3.05, 3.63) is 234 Å². The molecule has 0 saturated carbocycles. The summed E-state index contributed by atoms with van der Waals surface area (Å²) in [6.07, 6.45) is -8.87. The predicted molar refractivity (Wildman–Crippen MR) is 289 cm³/mol. The molecular weight excluding hydrogens is 993 g/mol. The molecule has 9 aromatic carbocycles. The molecule has 0 bridgehead atoms. The lowest BCUT2D eigenvalue weighted by Crippen LogP contribution is -2.11. The molecule has 0 aliphatic rings. The van der Waals surface area contributed by atoms with Gasteiger partial charge in [-0.3, -0.25) is 4.57 Å². The summed E-state index contributed by atoms with van der Waals surface area (Å²) in [5, 5.41) is 41.9. The molecule has 0 atom stereocenters. The highest BCUT2D eigenvalue weighted by atomic mass is 19.4. The first-order valence-electron chi connectivity index (χ1n) is 24.2. The lowest BCUT2D eigenvalue weighted by atomic mass is 9.98. The number of nitriles is 4. The Kier molecular flexibility index (Phi) is 11.5. The summed E-state index contributed by atoms with van der Waals surface area (Å²) >= 11 is 0. The molecule has 3 heterocycles. The van der Waals surface area contributed by atoms with Crippen LogP contribution in [-0.2, 0) is 12.4 Å². The number of benzene rings is 9. The standard InChI is InChI=1S/C65H33F6N7/c66-64(67,68)51-25-50(26-52(31-51)65(69,70)71)53-32-63(78-60-19-15-48(44-11-3-7-40(23-44)35-74)29-56(60)57-30-49(16-20-61(57)78)45-12-4-8-41(24-45)36-75)76-37-62(53)77-58-17-13-46(42-9-1-5-38(21-42)33-72)27-54(58)55-28-47(14-18-59(55)77)43-10-2-6-39(22-43)34-73/h1-32,37H. The summed E-state index contributed by atoms with van der Waals surface area (Å²) in [5.74, 6) is 0.179. The van der Waals surface area contributed by atoms with Gasteiger partial charge in [-0.2, -0.15) is 47.4 Å². The van der Waals surface area contributed by atoms with Gasteiger partial charge in [-0.05, 0) is 171 Å². The molecule has 0 saturated heterocycles. The molecule has 0 unspecified atom stereocenters. The number of alkyl halides is 6. The van der Waals surface area contributed by atoms with Crippen molar-refractivity contribution in [2.24, 2.45) is 0 Å². The number of fused-ring (bicyclic) bond motifs is 6. The van der Waals surface area contributed by atoms with Gasteiger partial charge in [0.1, 0.15) is 5.82 Å². The molecule has 13 heteroatoms. The van der Waals surface area contributed by atoms with E-state index in [4.69, 9.17) is 4.98 Å². The van der Waals surface area contributed by atoms with Gasteiger partial charge in [0.05, 0.1) is 91.6 Å². The van der Waals surface area contributed by atoms with Crippen molar-refractivity contribution in [2.45, 2.75) is 12.4 Å². The molecule has 0 N–H and O–H groups in total. The third-order valence-electron chi connectivity index (χ3n) is 14.1. The van der Waals surface area contributed by atoms with Crippen molar-refractivity contribution in [1.82, 2.24) is 14.1 Å². The van der Waals surface area contributed by atoms with Crippen LogP contribution in [0.5, 0.6) is 0 Å². The van der Waals surface area contributed by atoms with Crippen LogP contribution in [0.2, 0.25) is 0 Å². The molecular formula is C65H33F6N7. The van der Waals surface area contributed by atoms with Crippen LogP contribution in [0.1, 0.15) is 33.4 Å². The monoisotopic (exact) mass is 1030 g/mol. The first-order chi connectivity index (χ1) is 37.7. The molecule has 0 aliphatic carbocycles. The van der Waals surface area contributed by atoms with Crippen LogP contribution in [0.3, 0.4) is 0 Å². The van der Waals surface area contributed by atoms with Gasteiger partial charge in [0.25, 0.3) is 0 Å². The van der Waals surface area contributed by atoms with Crippen LogP contribution in [0.4, 0.5) is 26.3 Å². The molecule has 12 aromatic rings. The maximum atomic E-state index is 14.9. The van der Waals surface area contributed by atoms with Crippen LogP contribution in [0, 0.1) is 45.3 Å². The van der Waals surface area contributed by atoms with Crippen molar-refractivity contribution in [3.8, 4) is 91.4 Å². The van der Waals surface area contributed by atoms with E-state index in [0.29, 0.717) is 55.1 Å². The van der Waals surface area contributed by atoms with E-state index in [1.807, 2.05) is 102 Å². The number of nitrogens with zero attached hydrogens (tertiary/aromatic N) is 7. The first-order valence-corrected chi connectivity index (χ1v) is 24.2. The van der Waals surface area contributed by atoms with E-state index in [2.05, 4.69) is 24.3 Å². The Balaban J connectivity index is 1.16. The van der Waals surface area contributed by atoms with Crippen molar-refractivity contribution in [1.29, 1.82) is 21.0 Å². The second-order valence-electron chi connectivity index (χ2n) is 18.7. The largest absolute Gasteiger partial charge is 0.416 e. The SMILES string of the molecule is N#Cc1cccc(-c2ccc3c(c2)c2cc(-c4cccc(C#N)c4)ccc2n3-c2cc(-c3cc(C(F)(F)F)cc(C(F)(F)F)c3)c(-n3c4ccc(-c5cccc(C#N)c5)cc4c4cc(-c5cccc(C#N)c5)ccc43)cn2)c1. The molecule has 370 valence electrons. The summed E-state index contributed by atoms with van der Waals surface area (Å²) < 4.78 is 92.9. The minimum Gasteiger partial charge on any atom is -0.307 e. The highest BCUT2D eigenvalue weighted by Gasteiger charge is 2.37. The average molecular weight is 1030 g/mol. The van der Waals surface area contributed by atoms with Gasteiger partial charge in [0, 0.05) is 27.1 Å². The topological polar surface area (TPSA) is 118 Å². The van der Waals surface area contributed by atoms with E-state index in [9.17, 15) is 47.4 Å². The van der Waals surface area contributed by atoms with Crippen molar-refractivity contribution < 1.29 is 26.3 Å². The van der Waals surface area contributed by atoms with Gasteiger partial charge in [-0.15, -0.1) is 0 Å². The van der Waals surface area contributed by atoms with Crippen LogP contribution >= 0.6 is 0 Å². The van der Waals surface area contributed by atoms with Gasteiger partial charge in [-0.1, -0.05) is 72.8 Å². The Hall–Kier alpha value is -10.7. The Morgan fingerprint density at radius 2 is 0.654 bits per heavy atom. The zero-order valence-electron chi connectivity index (χ0n) is 40.5. The van der Waals surface area contributed by atoms with Crippen molar-refractivity contribution in [3.63, 3.8) is 0 Å². The number of hydrogen-bond acceptors (Lipinski definition) is 5. The zero-order chi connectivity index (χ0) is 54.0. The molecule has 0 fully saturated rings. The van der Waals surface area contributed by atoms with E-state index in [1.54, 1.807) is 77.4 Å². The van der Waals surface area contributed by atoms with E-state index in [-0.39, 0.29) is 28.7 Å². The molecule has 12 rings (SSSR count). The Morgan fingerprint density at radius 3 is 0.974 bits per heavy atom. The summed E-state index contributed by atoms with van der Waals surface area (Å²) in [4.78, 5) is 5.06. The van der Waals surface area contributed by atoms with E-state index < -0.39 is 23.5 Å². The summed E-state index contributed by atoms with van der Waals surface area (Å²) in [6, 6.07) is 62.8. The summed E-state index contributed by atoms with van der Waals surface area (Å²) in [5.41, 5.74) is 6.93. The highest BCUT2D eigenvalue weighted by molar-refractivity contribution is 6.13. The van der Waals surface area contributed by atoms with Crippen LogP contribution in [0.25, 0.3) is 111 Å². The average Bonchev–Trinajstić information content (AvgIpc) is 4.15. The lowest BCUT2D eigenvalue weighted by Gasteiger charge is -2.19. The fraction of sp³-hybridized carbons (Fsp3) is 0.0308. The van der Waals surface area contributed by atoms with E-state index >= 15 is 0 Å². The maximum Gasteiger partial charge on any atom is 0.416 e. The molecule has 3 aromatic heterocycles. The molecule has 0 amide bonds. The van der Waals surface area contributed by atoms with E-state index in [0.717, 1.165) is 67.4 Å². The molecule has 0 spiro atoms. The Labute approximate surface area is 440 Å². The molecule has 78 heavy (non-hydrogen) atoms. The Morgan fingerprint density at radius 1 is 0.333 bits per heavy atom. The quantitative estimate of drug-likeness (QED) is 0.147. The third-order valence-corrected chi connectivity index (χ3v) is 14.1. The fourth-order valence-corrected chi connectivity index (χ4v) is 10.4. The van der Waals surface area contributed by atoms with Gasteiger partial charge >= 0.3 is 12.4 Å². The van der Waals surface area contributed by atoms with Crippen LogP contribution in [-0.4, -0.2) is 14.1 Å². The Bertz CT molecular complexity index is 4400. The minimum atomic E-state index is -5.17. The molecule has 0 radical (unpaired) electrons. The summed E-state index contributed by atoms with van der Waals surface area (Å²) in [7, 11) is 0. The molecule has 7 nitrogen and oxygen atoms in total.